The van der Waals surface area contributed by atoms with Gasteiger partial charge in [0.15, 0.2) is 0 Å². The summed E-state index contributed by atoms with van der Waals surface area (Å²) in [6, 6.07) is 10.5. The molecular weight excluding hydrogens is 312 g/mol. The van der Waals surface area contributed by atoms with Crippen molar-refractivity contribution in [3.63, 3.8) is 0 Å². The van der Waals surface area contributed by atoms with Crippen LogP contribution in [0.1, 0.15) is 25.1 Å². The molecule has 23 heavy (non-hydrogen) atoms. The molecular formula is C16H22N4O2S. The molecule has 1 saturated heterocycles. The summed E-state index contributed by atoms with van der Waals surface area (Å²) in [7, 11) is -3.01. The van der Waals surface area contributed by atoms with Crippen LogP contribution in [0.25, 0.3) is 11.3 Å². The summed E-state index contributed by atoms with van der Waals surface area (Å²) < 4.78 is 25.0. The van der Waals surface area contributed by atoms with Crippen molar-refractivity contribution in [1.82, 2.24) is 20.4 Å². The second-order valence-corrected chi connectivity index (χ2v) is 8.41. The highest BCUT2D eigenvalue weighted by Crippen LogP contribution is 2.31. The summed E-state index contributed by atoms with van der Waals surface area (Å²) in [6.07, 6.45) is 3.94. The Morgan fingerprint density at radius 1 is 1.26 bits per heavy atom. The highest BCUT2D eigenvalue weighted by Gasteiger charge is 2.28. The Morgan fingerprint density at radius 3 is 2.61 bits per heavy atom. The lowest BCUT2D eigenvalue weighted by Crippen LogP contribution is -2.30. The number of rotatable bonds is 5. The molecule has 3 rings (SSSR count). The van der Waals surface area contributed by atoms with Gasteiger partial charge in [-0.3, -0.25) is 5.43 Å². The smallest absolute Gasteiger partial charge is 0.149 e. The minimum Gasteiger partial charge on any atom is -0.332 e. The number of aryl methyl sites for hydroxylation is 1. The number of sulfone groups is 1. The molecule has 1 aliphatic heterocycles. The number of nitrogens with zero attached hydrogens (tertiary/aromatic N) is 2. The molecule has 2 heterocycles. The van der Waals surface area contributed by atoms with Gasteiger partial charge in [0.2, 0.25) is 0 Å². The summed E-state index contributed by atoms with van der Waals surface area (Å²) in [4.78, 5) is 4.56. The standard InChI is InChI=1S/C16H22N4O2S/c1-12-10-14(19-18-12)16-15(13-6-4-3-5-7-13)17-11-20(16)8-9-23(2,21)22/h3-7,11-12,14,18-19H,8-10H2,1-2H3. The van der Waals surface area contributed by atoms with Gasteiger partial charge < -0.3 is 4.57 Å². The molecule has 124 valence electrons. The Hall–Kier alpha value is -1.70. The Kier molecular flexibility index (Phi) is 4.52. The van der Waals surface area contributed by atoms with Gasteiger partial charge in [-0.25, -0.2) is 18.8 Å². The topological polar surface area (TPSA) is 76.0 Å². The zero-order valence-electron chi connectivity index (χ0n) is 13.4. The van der Waals surface area contributed by atoms with Crippen LogP contribution in [0, 0.1) is 0 Å². The molecule has 0 bridgehead atoms. The van der Waals surface area contributed by atoms with Crippen molar-refractivity contribution in [2.75, 3.05) is 12.0 Å². The van der Waals surface area contributed by atoms with E-state index in [2.05, 4.69) is 22.8 Å². The van der Waals surface area contributed by atoms with Crippen LogP contribution in [0.4, 0.5) is 0 Å². The van der Waals surface area contributed by atoms with Crippen molar-refractivity contribution < 1.29 is 8.42 Å². The fraction of sp³-hybridized carbons (Fsp3) is 0.438. The van der Waals surface area contributed by atoms with E-state index in [1.807, 2.05) is 34.9 Å². The van der Waals surface area contributed by atoms with Gasteiger partial charge in [-0.05, 0) is 13.3 Å². The van der Waals surface area contributed by atoms with Gasteiger partial charge in [-0.1, -0.05) is 30.3 Å². The van der Waals surface area contributed by atoms with E-state index in [-0.39, 0.29) is 11.8 Å². The summed E-state index contributed by atoms with van der Waals surface area (Å²) in [5.41, 5.74) is 9.51. The Bertz CT molecular complexity index is 771. The second kappa shape index (κ2) is 6.43. The first kappa shape index (κ1) is 16.2. The van der Waals surface area contributed by atoms with Gasteiger partial charge >= 0.3 is 0 Å². The quantitative estimate of drug-likeness (QED) is 0.867. The fourth-order valence-electron chi connectivity index (χ4n) is 2.91. The first-order valence-corrected chi connectivity index (χ1v) is 9.79. The number of aromatic nitrogens is 2. The molecule has 0 amide bonds. The van der Waals surface area contributed by atoms with Crippen LogP contribution in [0.2, 0.25) is 0 Å². The van der Waals surface area contributed by atoms with E-state index in [0.717, 1.165) is 23.4 Å². The lowest BCUT2D eigenvalue weighted by atomic mass is 10.0. The first-order chi connectivity index (χ1) is 10.9. The summed E-state index contributed by atoms with van der Waals surface area (Å²) >= 11 is 0. The van der Waals surface area contributed by atoms with Crippen molar-refractivity contribution >= 4 is 9.84 Å². The number of hydrazine groups is 1. The molecule has 1 fully saturated rings. The molecule has 7 heteroatoms. The third-order valence-electron chi connectivity index (χ3n) is 4.05. The lowest BCUT2D eigenvalue weighted by Gasteiger charge is -2.15. The number of imidazole rings is 1. The van der Waals surface area contributed by atoms with Crippen molar-refractivity contribution in [1.29, 1.82) is 0 Å². The van der Waals surface area contributed by atoms with Gasteiger partial charge in [0.05, 0.1) is 29.5 Å². The SMILES string of the molecule is CC1CC(c2c(-c3ccccc3)ncn2CCS(C)(=O)=O)NN1. The third kappa shape index (κ3) is 3.80. The van der Waals surface area contributed by atoms with E-state index in [0.29, 0.717) is 12.6 Å². The molecule has 1 aromatic carbocycles. The van der Waals surface area contributed by atoms with Gasteiger partial charge in [0, 0.05) is 24.4 Å². The molecule has 0 aliphatic carbocycles. The average Bonchev–Trinajstić information content (AvgIpc) is 3.11. The van der Waals surface area contributed by atoms with Crippen molar-refractivity contribution in [3.05, 3.63) is 42.4 Å². The molecule has 2 atom stereocenters. The first-order valence-electron chi connectivity index (χ1n) is 7.73. The normalized spacial score (nSPS) is 21.7. The maximum Gasteiger partial charge on any atom is 0.149 e. The van der Waals surface area contributed by atoms with Crippen LogP contribution in [0.5, 0.6) is 0 Å². The van der Waals surface area contributed by atoms with E-state index < -0.39 is 9.84 Å². The van der Waals surface area contributed by atoms with Crippen LogP contribution in [0.15, 0.2) is 36.7 Å². The van der Waals surface area contributed by atoms with E-state index >= 15 is 0 Å². The Morgan fingerprint density at radius 2 is 2.00 bits per heavy atom. The van der Waals surface area contributed by atoms with Gasteiger partial charge in [0.1, 0.15) is 9.84 Å². The molecule has 1 aromatic heterocycles. The van der Waals surface area contributed by atoms with E-state index in [4.69, 9.17) is 0 Å². The number of benzene rings is 1. The average molecular weight is 334 g/mol. The van der Waals surface area contributed by atoms with Gasteiger partial charge in [0.25, 0.3) is 0 Å². The molecule has 1 aliphatic rings. The zero-order chi connectivity index (χ0) is 16.4. The van der Waals surface area contributed by atoms with E-state index in [9.17, 15) is 8.42 Å². The van der Waals surface area contributed by atoms with Crippen LogP contribution in [-0.2, 0) is 16.4 Å². The largest absolute Gasteiger partial charge is 0.332 e. The predicted molar refractivity (Wildman–Crippen MR) is 90.5 cm³/mol. The Balaban J connectivity index is 1.98. The molecule has 0 spiro atoms. The highest BCUT2D eigenvalue weighted by molar-refractivity contribution is 7.90. The molecule has 2 unspecified atom stereocenters. The maximum atomic E-state index is 11.5. The minimum atomic E-state index is -3.01. The highest BCUT2D eigenvalue weighted by atomic mass is 32.2. The molecule has 2 aromatic rings. The van der Waals surface area contributed by atoms with E-state index in [1.165, 1.54) is 6.26 Å². The minimum absolute atomic E-state index is 0.111. The second-order valence-electron chi connectivity index (χ2n) is 6.15. The summed E-state index contributed by atoms with van der Waals surface area (Å²) in [5.74, 6) is 0.111. The zero-order valence-corrected chi connectivity index (χ0v) is 14.2. The summed E-state index contributed by atoms with van der Waals surface area (Å²) in [6.45, 7) is 2.53. The number of nitrogens with one attached hydrogen (secondary N) is 2. The van der Waals surface area contributed by atoms with Crippen molar-refractivity contribution in [2.24, 2.45) is 0 Å². The molecule has 6 nitrogen and oxygen atoms in total. The molecule has 2 N–H and O–H groups in total. The molecule has 0 saturated carbocycles. The van der Waals surface area contributed by atoms with Crippen LogP contribution < -0.4 is 10.9 Å². The fourth-order valence-corrected chi connectivity index (χ4v) is 3.44. The van der Waals surface area contributed by atoms with Crippen molar-refractivity contribution in [2.45, 2.75) is 32.0 Å². The predicted octanol–water partition coefficient (Wildman–Crippen LogP) is 1.52. The lowest BCUT2D eigenvalue weighted by molar-refractivity contribution is 0.532. The van der Waals surface area contributed by atoms with Crippen LogP contribution in [-0.4, -0.2) is 36.0 Å². The summed E-state index contributed by atoms with van der Waals surface area (Å²) in [5, 5.41) is 0. The van der Waals surface area contributed by atoms with Gasteiger partial charge in [-0.15, -0.1) is 0 Å². The maximum absolute atomic E-state index is 11.5. The number of hydrogen-bond donors (Lipinski definition) is 2. The van der Waals surface area contributed by atoms with Crippen LogP contribution >= 0.6 is 0 Å². The monoisotopic (exact) mass is 334 g/mol. The Labute approximate surface area is 136 Å². The number of hydrogen-bond acceptors (Lipinski definition) is 5. The van der Waals surface area contributed by atoms with Gasteiger partial charge in [-0.2, -0.15) is 0 Å². The molecule has 0 radical (unpaired) electrons. The van der Waals surface area contributed by atoms with Crippen LogP contribution in [0.3, 0.4) is 0 Å². The third-order valence-corrected chi connectivity index (χ3v) is 4.98. The van der Waals surface area contributed by atoms with E-state index in [1.54, 1.807) is 6.33 Å². The van der Waals surface area contributed by atoms with Crippen molar-refractivity contribution in [3.8, 4) is 11.3 Å².